The van der Waals surface area contributed by atoms with Crippen molar-refractivity contribution in [2.45, 2.75) is 32.7 Å². The summed E-state index contributed by atoms with van der Waals surface area (Å²) in [6.45, 7) is 4.13. The lowest BCUT2D eigenvalue weighted by molar-refractivity contribution is -0.118. The standard InChI is InChI=1S/C21H20N2O2/c1-14-7-9-16(10-8-14)20-12-18(22-25-20)13-21(24)23-15(2)11-17-5-3-4-6-19(17)23/h3-10,12,15H,11,13H2,1-2H3/t15-/m1/s1. The Labute approximate surface area is 147 Å². The fraction of sp³-hybridized carbons (Fsp3) is 0.238. The van der Waals surface area contributed by atoms with Crippen molar-refractivity contribution in [2.24, 2.45) is 0 Å². The fourth-order valence-corrected chi connectivity index (χ4v) is 3.43. The lowest BCUT2D eigenvalue weighted by Gasteiger charge is -2.22. The van der Waals surface area contributed by atoms with Crippen LogP contribution in [0.1, 0.15) is 23.7 Å². The Bertz CT molecular complexity index is 912. The number of rotatable bonds is 3. The maximum Gasteiger partial charge on any atom is 0.233 e. The highest BCUT2D eigenvalue weighted by Gasteiger charge is 2.30. The Morgan fingerprint density at radius 2 is 1.96 bits per heavy atom. The Balaban J connectivity index is 1.53. The number of para-hydroxylation sites is 1. The second-order valence-corrected chi connectivity index (χ2v) is 6.67. The van der Waals surface area contributed by atoms with Gasteiger partial charge >= 0.3 is 0 Å². The molecule has 2 heterocycles. The number of fused-ring (bicyclic) bond motifs is 1. The predicted octanol–water partition coefficient (Wildman–Crippen LogP) is 4.17. The highest BCUT2D eigenvalue weighted by Crippen LogP contribution is 2.32. The van der Waals surface area contributed by atoms with Crippen molar-refractivity contribution >= 4 is 11.6 Å². The van der Waals surface area contributed by atoms with E-state index in [1.165, 1.54) is 11.1 Å². The number of carbonyl (C=O) groups is 1. The Morgan fingerprint density at radius 3 is 2.76 bits per heavy atom. The molecule has 1 aliphatic rings. The van der Waals surface area contributed by atoms with Crippen LogP contribution in [0.2, 0.25) is 0 Å². The zero-order valence-corrected chi connectivity index (χ0v) is 14.4. The van der Waals surface area contributed by atoms with Crippen LogP contribution in [-0.4, -0.2) is 17.1 Å². The molecule has 0 saturated heterocycles. The van der Waals surface area contributed by atoms with Crippen molar-refractivity contribution in [1.82, 2.24) is 5.16 Å². The van der Waals surface area contributed by atoms with Crippen LogP contribution in [0.15, 0.2) is 59.1 Å². The molecule has 4 rings (SSSR count). The molecular weight excluding hydrogens is 312 g/mol. The van der Waals surface area contributed by atoms with Gasteiger partial charge in [0.1, 0.15) is 0 Å². The highest BCUT2D eigenvalue weighted by molar-refractivity contribution is 5.97. The molecule has 0 N–H and O–H groups in total. The van der Waals surface area contributed by atoms with Gasteiger partial charge in [-0.15, -0.1) is 0 Å². The molecule has 4 heteroatoms. The molecular formula is C21H20N2O2. The van der Waals surface area contributed by atoms with E-state index in [4.69, 9.17) is 4.52 Å². The lowest BCUT2D eigenvalue weighted by Crippen LogP contribution is -2.36. The van der Waals surface area contributed by atoms with Crippen molar-refractivity contribution in [3.8, 4) is 11.3 Å². The summed E-state index contributed by atoms with van der Waals surface area (Å²) in [7, 11) is 0. The van der Waals surface area contributed by atoms with E-state index in [0.717, 1.165) is 17.7 Å². The van der Waals surface area contributed by atoms with Crippen LogP contribution in [0, 0.1) is 6.92 Å². The van der Waals surface area contributed by atoms with Gasteiger partial charge in [0.25, 0.3) is 0 Å². The molecule has 0 radical (unpaired) electrons. The second kappa shape index (κ2) is 6.20. The molecule has 0 bridgehead atoms. The third-order valence-corrected chi connectivity index (χ3v) is 4.70. The number of aromatic nitrogens is 1. The SMILES string of the molecule is Cc1ccc(-c2cc(CC(=O)N3c4ccccc4C[C@H]3C)no2)cc1. The van der Waals surface area contributed by atoms with Crippen molar-refractivity contribution in [1.29, 1.82) is 0 Å². The summed E-state index contributed by atoms with van der Waals surface area (Å²) in [4.78, 5) is 14.7. The number of anilines is 1. The van der Waals surface area contributed by atoms with E-state index in [0.29, 0.717) is 11.5 Å². The van der Waals surface area contributed by atoms with Crippen LogP contribution in [0.4, 0.5) is 5.69 Å². The largest absolute Gasteiger partial charge is 0.356 e. The van der Waals surface area contributed by atoms with Gasteiger partial charge in [0.05, 0.1) is 12.1 Å². The van der Waals surface area contributed by atoms with Crippen LogP contribution in [-0.2, 0) is 17.6 Å². The van der Waals surface area contributed by atoms with Crippen molar-refractivity contribution in [2.75, 3.05) is 4.90 Å². The molecule has 1 aromatic heterocycles. The Kier molecular flexibility index (Phi) is 3.88. The Morgan fingerprint density at radius 1 is 1.20 bits per heavy atom. The van der Waals surface area contributed by atoms with Gasteiger partial charge in [-0.1, -0.05) is 53.2 Å². The number of amides is 1. The molecule has 0 aliphatic carbocycles. The summed E-state index contributed by atoms with van der Waals surface area (Å²) in [5.74, 6) is 0.749. The molecule has 0 fully saturated rings. The van der Waals surface area contributed by atoms with Crippen molar-refractivity contribution in [3.63, 3.8) is 0 Å². The third-order valence-electron chi connectivity index (χ3n) is 4.70. The van der Waals surface area contributed by atoms with E-state index in [-0.39, 0.29) is 18.4 Å². The lowest BCUT2D eigenvalue weighted by atomic mass is 10.1. The van der Waals surface area contributed by atoms with Crippen molar-refractivity contribution < 1.29 is 9.32 Å². The topological polar surface area (TPSA) is 46.3 Å². The second-order valence-electron chi connectivity index (χ2n) is 6.67. The monoisotopic (exact) mass is 332 g/mol. The molecule has 1 aliphatic heterocycles. The van der Waals surface area contributed by atoms with Crippen LogP contribution >= 0.6 is 0 Å². The summed E-state index contributed by atoms with van der Waals surface area (Å²) >= 11 is 0. The van der Waals surface area contributed by atoms with E-state index in [1.807, 2.05) is 60.4 Å². The van der Waals surface area contributed by atoms with E-state index in [1.54, 1.807) is 0 Å². The summed E-state index contributed by atoms with van der Waals surface area (Å²) in [5.41, 5.74) is 5.07. The van der Waals surface area contributed by atoms with Gasteiger partial charge in [0.15, 0.2) is 5.76 Å². The van der Waals surface area contributed by atoms with Gasteiger partial charge in [-0.05, 0) is 31.9 Å². The van der Waals surface area contributed by atoms with Gasteiger partial charge in [-0.25, -0.2) is 0 Å². The number of nitrogens with zero attached hydrogens (tertiary/aromatic N) is 2. The normalized spacial score (nSPS) is 16.1. The Hall–Kier alpha value is -2.88. The molecule has 1 atom stereocenters. The van der Waals surface area contributed by atoms with Crippen LogP contribution in [0.5, 0.6) is 0 Å². The first-order chi connectivity index (χ1) is 12.1. The fourth-order valence-electron chi connectivity index (χ4n) is 3.43. The van der Waals surface area contributed by atoms with Crippen LogP contribution < -0.4 is 4.90 Å². The van der Waals surface area contributed by atoms with E-state index in [9.17, 15) is 4.79 Å². The zero-order chi connectivity index (χ0) is 17.4. The molecule has 1 amide bonds. The predicted molar refractivity (Wildman–Crippen MR) is 97.5 cm³/mol. The summed E-state index contributed by atoms with van der Waals surface area (Å²) in [5, 5.41) is 4.08. The quantitative estimate of drug-likeness (QED) is 0.723. The molecule has 0 saturated carbocycles. The van der Waals surface area contributed by atoms with Gasteiger partial charge < -0.3 is 9.42 Å². The minimum absolute atomic E-state index is 0.0567. The highest BCUT2D eigenvalue weighted by atomic mass is 16.5. The molecule has 0 unspecified atom stereocenters. The smallest absolute Gasteiger partial charge is 0.233 e. The number of aryl methyl sites for hydroxylation is 1. The maximum absolute atomic E-state index is 12.8. The molecule has 2 aromatic carbocycles. The van der Waals surface area contributed by atoms with Crippen molar-refractivity contribution in [3.05, 3.63) is 71.4 Å². The summed E-state index contributed by atoms with van der Waals surface area (Å²) < 4.78 is 5.43. The van der Waals surface area contributed by atoms with Crippen LogP contribution in [0.3, 0.4) is 0 Å². The minimum atomic E-state index is 0.0567. The zero-order valence-electron chi connectivity index (χ0n) is 14.4. The van der Waals surface area contributed by atoms with Gasteiger partial charge in [0.2, 0.25) is 5.91 Å². The molecule has 126 valence electrons. The molecule has 4 nitrogen and oxygen atoms in total. The number of carbonyl (C=O) groups excluding carboxylic acids is 1. The van der Waals surface area contributed by atoms with Gasteiger partial charge in [0, 0.05) is 23.4 Å². The first-order valence-electron chi connectivity index (χ1n) is 8.54. The van der Waals surface area contributed by atoms with Gasteiger partial charge in [-0.3, -0.25) is 4.79 Å². The average molecular weight is 332 g/mol. The summed E-state index contributed by atoms with van der Waals surface area (Å²) in [6.07, 6.45) is 1.14. The van der Waals surface area contributed by atoms with Crippen LogP contribution in [0.25, 0.3) is 11.3 Å². The van der Waals surface area contributed by atoms with E-state index in [2.05, 4.69) is 18.1 Å². The number of hydrogen-bond acceptors (Lipinski definition) is 3. The van der Waals surface area contributed by atoms with Gasteiger partial charge in [-0.2, -0.15) is 0 Å². The van der Waals surface area contributed by atoms with E-state index >= 15 is 0 Å². The number of hydrogen-bond donors (Lipinski definition) is 0. The maximum atomic E-state index is 12.8. The average Bonchev–Trinajstić information content (AvgIpc) is 3.18. The molecule has 3 aromatic rings. The first-order valence-corrected chi connectivity index (χ1v) is 8.54. The first kappa shape index (κ1) is 15.6. The molecule has 25 heavy (non-hydrogen) atoms. The molecule has 0 spiro atoms. The summed E-state index contributed by atoms with van der Waals surface area (Å²) in [6, 6.07) is 18.2. The van der Waals surface area contributed by atoms with E-state index < -0.39 is 0 Å². The third kappa shape index (κ3) is 2.95. The number of benzene rings is 2. The minimum Gasteiger partial charge on any atom is -0.356 e.